The molecule has 0 bridgehead atoms. The van der Waals surface area contributed by atoms with Crippen molar-refractivity contribution in [2.24, 2.45) is 0 Å². The fraction of sp³-hybridized carbons (Fsp3) is 0.263. The average Bonchev–Trinajstić information content (AvgIpc) is 3.04. The molecule has 0 aromatic carbocycles. The number of unbranched alkanes of at least 4 members (excludes halogenated alkanes) is 1. The van der Waals surface area contributed by atoms with Crippen LogP contribution in [-0.4, -0.2) is 32.7 Å². The van der Waals surface area contributed by atoms with Gasteiger partial charge in [0.15, 0.2) is 5.82 Å². The maximum atomic E-state index is 12.1. The second kappa shape index (κ2) is 8.81. The molecule has 0 aliphatic carbocycles. The maximum absolute atomic E-state index is 12.1. The zero-order chi connectivity index (χ0) is 20.1. The molecular formula is C19H22ClN6O2+. The van der Waals surface area contributed by atoms with Crippen LogP contribution in [0.25, 0.3) is 16.8 Å². The highest BCUT2D eigenvalue weighted by molar-refractivity contribution is 6.33. The highest BCUT2D eigenvalue weighted by atomic mass is 35.5. The van der Waals surface area contributed by atoms with E-state index >= 15 is 0 Å². The SMILES string of the molecule is CC(=O)[NH2+]CCCCC(=O)Nc1cn2cc(-c3cnc(N)c(Cl)c3)ccc2n1. The summed E-state index contributed by atoms with van der Waals surface area (Å²) in [5, 5.41) is 4.85. The summed E-state index contributed by atoms with van der Waals surface area (Å²) in [5.41, 5.74) is 8.11. The molecule has 0 unspecified atom stereocenters. The molecule has 0 saturated heterocycles. The van der Waals surface area contributed by atoms with Crippen LogP contribution in [0.4, 0.5) is 11.6 Å². The van der Waals surface area contributed by atoms with Gasteiger partial charge in [0.05, 0.1) is 24.7 Å². The maximum Gasteiger partial charge on any atom is 0.307 e. The van der Waals surface area contributed by atoms with Gasteiger partial charge in [0.25, 0.3) is 0 Å². The lowest BCUT2D eigenvalue weighted by molar-refractivity contribution is -0.567. The average molecular weight is 402 g/mol. The first-order valence-electron chi connectivity index (χ1n) is 8.96. The van der Waals surface area contributed by atoms with E-state index in [1.165, 1.54) is 6.92 Å². The van der Waals surface area contributed by atoms with Crippen molar-refractivity contribution >= 4 is 40.7 Å². The molecule has 9 heteroatoms. The zero-order valence-corrected chi connectivity index (χ0v) is 16.2. The predicted octanol–water partition coefficient (Wildman–Crippen LogP) is 1.85. The monoisotopic (exact) mass is 401 g/mol. The Balaban J connectivity index is 1.63. The Morgan fingerprint density at radius 3 is 2.82 bits per heavy atom. The molecular weight excluding hydrogens is 380 g/mol. The van der Waals surface area contributed by atoms with Crippen LogP contribution >= 0.6 is 11.6 Å². The van der Waals surface area contributed by atoms with Gasteiger partial charge in [-0.2, -0.15) is 0 Å². The van der Waals surface area contributed by atoms with Gasteiger partial charge in [0.2, 0.25) is 5.91 Å². The fourth-order valence-electron chi connectivity index (χ4n) is 2.77. The highest BCUT2D eigenvalue weighted by Crippen LogP contribution is 2.25. The van der Waals surface area contributed by atoms with Crippen LogP contribution in [0, 0.1) is 0 Å². The number of halogens is 1. The Labute approximate surface area is 167 Å². The molecule has 0 radical (unpaired) electrons. The van der Waals surface area contributed by atoms with Crippen molar-refractivity contribution in [3.8, 4) is 11.1 Å². The second-order valence-corrected chi connectivity index (χ2v) is 6.92. The molecule has 0 aliphatic rings. The Kier molecular flexibility index (Phi) is 6.23. The molecule has 0 saturated carbocycles. The quantitative estimate of drug-likeness (QED) is 0.522. The molecule has 3 rings (SSSR count). The van der Waals surface area contributed by atoms with Crippen molar-refractivity contribution in [3.63, 3.8) is 0 Å². The van der Waals surface area contributed by atoms with Crippen molar-refractivity contribution in [2.45, 2.75) is 26.2 Å². The summed E-state index contributed by atoms with van der Waals surface area (Å²) in [5.74, 6) is 0.746. The smallest absolute Gasteiger partial charge is 0.307 e. The molecule has 28 heavy (non-hydrogen) atoms. The molecule has 0 atom stereocenters. The van der Waals surface area contributed by atoms with Crippen molar-refractivity contribution in [3.05, 3.63) is 41.8 Å². The van der Waals surface area contributed by atoms with Gasteiger partial charge in [-0.05, 0) is 31.0 Å². The summed E-state index contributed by atoms with van der Waals surface area (Å²) in [6.45, 7) is 2.23. The van der Waals surface area contributed by atoms with Crippen LogP contribution in [0.2, 0.25) is 5.02 Å². The van der Waals surface area contributed by atoms with Gasteiger partial charge in [-0.25, -0.2) is 14.8 Å². The van der Waals surface area contributed by atoms with Crippen LogP contribution in [-0.2, 0) is 9.59 Å². The van der Waals surface area contributed by atoms with Gasteiger partial charge in [0, 0.05) is 29.9 Å². The second-order valence-electron chi connectivity index (χ2n) is 6.51. The third kappa shape index (κ3) is 5.05. The van der Waals surface area contributed by atoms with E-state index in [-0.39, 0.29) is 11.8 Å². The van der Waals surface area contributed by atoms with Crippen LogP contribution in [0.15, 0.2) is 36.8 Å². The molecule has 8 nitrogen and oxygen atoms in total. The zero-order valence-electron chi connectivity index (χ0n) is 15.5. The van der Waals surface area contributed by atoms with Gasteiger partial charge < -0.3 is 15.5 Å². The van der Waals surface area contributed by atoms with E-state index in [9.17, 15) is 9.59 Å². The van der Waals surface area contributed by atoms with Crippen molar-refractivity contribution in [1.29, 1.82) is 0 Å². The first-order chi connectivity index (χ1) is 13.4. The number of nitrogens with one attached hydrogen (secondary N) is 1. The third-order valence-electron chi connectivity index (χ3n) is 4.21. The number of rotatable bonds is 7. The number of pyridine rings is 2. The fourth-order valence-corrected chi connectivity index (χ4v) is 2.94. The van der Waals surface area contributed by atoms with E-state index in [0.717, 1.165) is 24.0 Å². The van der Waals surface area contributed by atoms with E-state index in [2.05, 4.69) is 15.3 Å². The van der Waals surface area contributed by atoms with Crippen LogP contribution in [0.3, 0.4) is 0 Å². The number of imidazole rings is 1. The van der Waals surface area contributed by atoms with Crippen LogP contribution in [0.1, 0.15) is 26.2 Å². The minimum atomic E-state index is -0.0963. The summed E-state index contributed by atoms with van der Waals surface area (Å²) in [7, 11) is 0. The minimum absolute atomic E-state index is 0.0607. The standard InChI is InChI=1S/C19H21ClN6O2/c1-12(27)22-7-3-2-4-18(28)25-16-11-26-10-13(5-6-17(26)24-16)14-8-15(20)19(21)23-9-14/h5-6,8-11H,2-4,7H2,1H3,(H2,21,23)(H,22,27)(H,25,28)/p+1. The number of nitrogens with two attached hydrogens (primary N) is 2. The number of hydrogen-bond donors (Lipinski definition) is 3. The molecule has 3 aromatic heterocycles. The van der Waals surface area contributed by atoms with Crippen LogP contribution in [0.5, 0.6) is 0 Å². The molecule has 3 heterocycles. The number of amides is 2. The number of nitrogens with zero attached hydrogens (tertiary/aromatic N) is 3. The van der Waals surface area contributed by atoms with Gasteiger partial charge in [-0.3, -0.25) is 10.1 Å². The number of aromatic nitrogens is 3. The number of anilines is 2. The molecule has 2 amide bonds. The first-order valence-corrected chi connectivity index (χ1v) is 9.34. The number of quaternary nitrogens is 1. The lowest BCUT2D eigenvalue weighted by atomic mass is 10.1. The van der Waals surface area contributed by atoms with Gasteiger partial charge in [0.1, 0.15) is 11.5 Å². The normalized spacial score (nSPS) is 10.9. The number of primary amides is 1. The lowest BCUT2D eigenvalue weighted by Gasteiger charge is -2.04. The largest absolute Gasteiger partial charge is 0.382 e. The van der Waals surface area contributed by atoms with Gasteiger partial charge in [-0.1, -0.05) is 11.6 Å². The third-order valence-corrected chi connectivity index (χ3v) is 4.51. The Hall–Kier alpha value is -2.97. The molecule has 0 aliphatic heterocycles. The first kappa shape index (κ1) is 19.8. The van der Waals surface area contributed by atoms with Gasteiger partial charge in [-0.15, -0.1) is 0 Å². The Morgan fingerprint density at radius 1 is 1.25 bits per heavy atom. The van der Waals surface area contributed by atoms with Crippen LogP contribution < -0.4 is 16.4 Å². The minimum Gasteiger partial charge on any atom is -0.382 e. The molecule has 0 spiro atoms. The Morgan fingerprint density at radius 2 is 2.07 bits per heavy atom. The summed E-state index contributed by atoms with van der Waals surface area (Å²) >= 11 is 6.05. The van der Waals surface area contributed by atoms with E-state index in [4.69, 9.17) is 17.3 Å². The predicted molar refractivity (Wildman–Crippen MR) is 108 cm³/mol. The van der Waals surface area contributed by atoms with Gasteiger partial charge >= 0.3 is 5.91 Å². The molecule has 5 N–H and O–H groups in total. The van der Waals surface area contributed by atoms with E-state index in [1.807, 2.05) is 22.7 Å². The topological polar surface area (TPSA) is 119 Å². The van der Waals surface area contributed by atoms with E-state index in [1.54, 1.807) is 23.8 Å². The summed E-state index contributed by atoms with van der Waals surface area (Å²) < 4.78 is 1.83. The number of nitrogen functional groups attached to an aromatic ring is 1. The molecule has 0 fully saturated rings. The lowest BCUT2D eigenvalue weighted by Crippen LogP contribution is -2.87. The number of fused-ring (bicyclic) bond motifs is 1. The van der Waals surface area contributed by atoms with E-state index in [0.29, 0.717) is 35.3 Å². The van der Waals surface area contributed by atoms with E-state index < -0.39 is 0 Å². The molecule has 146 valence electrons. The molecule has 3 aromatic rings. The number of carbonyl (C=O) groups excluding carboxylic acids is 2. The summed E-state index contributed by atoms with van der Waals surface area (Å²) in [6.07, 6.45) is 7.22. The van der Waals surface area contributed by atoms with Crippen molar-refractivity contribution in [2.75, 3.05) is 17.6 Å². The van der Waals surface area contributed by atoms with Crippen molar-refractivity contribution < 1.29 is 14.9 Å². The Bertz CT molecular complexity index is 1020. The summed E-state index contributed by atoms with van der Waals surface area (Å²) in [6, 6.07) is 5.52. The van der Waals surface area contributed by atoms with Crippen molar-refractivity contribution in [1.82, 2.24) is 14.4 Å². The number of hydrogen-bond acceptors (Lipinski definition) is 5. The highest BCUT2D eigenvalue weighted by Gasteiger charge is 2.09. The summed E-state index contributed by atoms with van der Waals surface area (Å²) in [4.78, 5) is 31.4. The number of carbonyl (C=O) groups is 2.